The summed E-state index contributed by atoms with van der Waals surface area (Å²) >= 11 is 0. The number of hydrogen-bond acceptors (Lipinski definition) is 6. The molecular formula is C23H19N5O2. The van der Waals surface area contributed by atoms with Gasteiger partial charge in [0.25, 0.3) is 5.56 Å². The van der Waals surface area contributed by atoms with Gasteiger partial charge in [-0.2, -0.15) is 5.10 Å². The minimum absolute atomic E-state index is 0.161. The summed E-state index contributed by atoms with van der Waals surface area (Å²) in [4.78, 5) is 14.9. The maximum atomic E-state index is 12.3. The standard InChI is InChI=1S/C23H19N5O2/c29-22-21(17-9-3-1-4-10-17)26-28-23(25-22)27-24-15-18-11-7-8-12-19(18)16-30-20-13-5-2-6-14-20/h1-15H,16H2,(H2,25,27,28,29)/b24-15+. The van der Waals surface area contributed by atoms with Gasteiger partial charge in [0.1, 0.15) is 12.4 Å². The number of hydrazone groups is 1. The fourth-order valence-corrected chi connectivity index (χ4v) is 2.80. The van der Waals surface area contributed by atoms with Crippen LogP contribution < -0.4 is 15.7 Å². The first kappa shape index (κ1) is 19.1. The van der Waals surface area contributed by atoms with Crippen LogP contribution in [-0.2, 0) is 6.61 Å². The Hall–Kier alpha value is -4.26. The van der Waals surface area contributed by atoms with Crippen molar-refractivity contribution in [2.45, 2.75) is 6.61 Å². The molecule has 7 heteroatoms. The van der Waals surface area contributed by atoms with Crippen molar-refractivity contribution < 1.29 is 4.74 Å². The summed E-state index contributed by atoms with van der Waals surface area (Å²) in [6.07, 6.45) is 1.65. The maximum Gasteiger partial charge on any atom is 0.279 e. The molecule has 0 amide bonds. The molecule has 7 nitrogen and oxygen atoms in total. The van der Waals surface area contributed by atoms with Crippen LogP contribution in [0.5, 0.6) is 5.75 Å². The van der Waals surface area contributed by atoms with Crippen LogP contribution in [0.4, 0.5) is 5.95 Å². The van der Waals surface area contributed by atoms with Gasteiger partial charge in [-0.05, 0) is 17.7 Å². The molecule has 1 aromatic heterocycles. The van der Waals surface area contributed by atoms with Gasteiger partial charge < -0.3 is 4.74 Å². The Morgan fingerprint density at radius 1 is 0.900 bits per heavy atom. The molecule has 3 aromatic carbocycles. The van der Waals surface area contributed by atoms with Gasteiger partial charge in [0.05, 0.1) is 6.21 Å². The molecule has 148 valence electrons. The molecule has 0 bridgehead atoms. The number of benzene rings is 3. The van der Waals surface area contributed by atoms with Gasteiger partial charge in [-0.15, -0.1) is 10.2 Å². The number of anilines is 1. The average molecular weight is 397 g/mol. The fourth-order valence-electron chi connectivity index (χ4n) is 2.80. The largest absolute Gasteiger partial charge is 0.489 e. The monoisotopic (exact) mass is 397 g/mol. The molecule has 2 N–H and O–H groups in total. The number of ether oxygens (including phenoxy) is 1. The lowest BCUT2D eigenvalue weighted by molar-refractivity contribution is 0.306. The zero-order chi connectivity index (χ0) is 20.6. The first-order valence-corrected chi connectivity index (χ1v) is 9.37. The third kappa shape index (κ3) is 4.77. The molecule has 0 aliphatic carbocycles. The minimum Gasteiger partial charge on any atom is -0.489 e. The van der Waals surface area contributed by atoms with E-state index in [0.29, 0.717) is 12.2 Å². The fraction of sp³-hybridized carbons (Fsp3) is 0.0435. The average Bonchev–Trinajstić information content (AvgIpc) is 2.80. The van der Waals surface area contributed by atoms with Crippen molar-refractivity contribution in [3.63, 3.8) is 0 Å². The quantitative estimate of drug-likeness (QED) is 0.365. The van der Waals surface area contributed by atoms with Crippen LogP contribution in [0, 0.1) is 0 Å². The Morgan fingerprint density at radius 3 is 2.37 bits per heavy atom. The highest BCUT2D eigenvalue weighted by Crippen LogP contribution is 2.14. The number of hydrogen-bond donors (Lipinski definition) is 2. The molecule has 0 saturated heterocycles. The van der Waals surface area contributed by atoms with Gasteiger partial charge in [-0.3, -0.25) is 9.78 Å². The second-order valence-corrected chi connectivity index (χ2v) is 6.39. The van der Waals surface area contributed by atoms with E-state index in [9.17, 15) is 4.79 Å². The predicted molar refractivity (Wildman–Crippen MR) is 117 cm³/mol. The summed E-state index contributed by atoms with van der Waals surface area (Å²) in [5, 5.41) is 12.2. The lowest BCUT2D eigenvalue weighted by atomic mass is 10.1. The molecular weight excluding hydrogens is 378 g/mol. The second-order valence-electron chi connectivity index (χ2n) is 6.39. The van der Waals surface area contributed by atoms with Gasteiger partial charge in [-0.25, -0.2) is 5.43 Å². The van der Waals surface area contributed by atoms with E-state index in [4.69, 9.17) is 4.74 Å². The molecule has 0 saturated carbocycles. The van der Waals surface area contributed by atoms with E-state index in [1.807, 2.05) is 72.8 Å². The smallest absolute Gasteiger partial charge is 0.279 e. The van der Waals surface area contributed by atoms with Crippen molar-refractivity contribution in [3.8, 4) is 17.0 Å². The molecule has 0 unspecified atom stereocenters. The summed E-state index contributed by atoms with van der Waals surface area (Å²) in [5.41, 5.74) is 5.20. The van der Waals surface area contributed by atoms with E-state index in [-0.39, 0.29) is 17.2 Å². The summed E-state index contributed by atoms with van der Waals surface area (Å²) < 4.78 is 5.82. The van der Waals surface area contributed by atoms with Crippen molar-refractivity contribution in [2.75, 3.05) is 5.43 Å². The first-order valence-electron chi connectivity index (χ1n) is 9.37. The molecule has 0 aliphatic heterocycles. The number of para-hydroxylation sites is 1. The summed E-state index contributed by atoms with van der Waals surface area (Å²) in [7, 11) is 0. The van der Waals surface area contributed by atoms with Crippen LogP contribution in [0.3, 0.4) is 0 Å². The molecule has 0 aliphatic rings. The Bertz CT molecular complexity index is 1190. The molecule has 0 spiro atoms. The maximum absolute atomic E-state index is 12.3. The van der Waals surface area contributed by atoms with Crippen LogP contribution in [0.1, 0.15) is 11.1 Å². The van der Waals surface area contributed by atoms with Crippen molar-refractivity contribution in [2.24, 2.45) is 5.10 Å². The summed E-state index contributed by atoms with van der Waals surface area (Å²) in [6.45, 7) is 0.411. The number of nitrogens with zero attached hydrogens (tertiary/aromatic N) is 3. The van der Waals surface area contributed by atoms with Gasteiger partial charge in [-0.1, -0.05) is 72.8 Å². The van der Waals surface area contributed by atoms with Gasteiger partial charge in [0.2, 0.25) is 5.95 Å². The molecule has 30 heavy (non-hydrogen) atoms. The van der Waals surface area contributed by atoms with Crippen LogP contribution in [0.25, 0.3) is 11.3 Å². The number of aromatic amines is 1. The lowest BCUT2D eigenvalue weighted by Gasteiger charge is -2.08. The molecule has 0 atom stereocenters. The zero-order valence-corrected chi connectivity index (χ0v) is 16.0. The van der Waals surface area contributed by atoms with Crippen LogP contribution in [-0.4, -0.2) is 21.4 Å². The molecule has 1 heterocycles. The second kappa shape index (κ2) is 9.29. The van der Waals surface area contributed by atoms with Crippen LogP contribution in [0.2, 0.25) is 0 Å². The minimum atomic E-state index is -0.342. The van der Waals surface area contributed by atoms with Gasteiger partial charge >= 0.3 is 0 Å². The number of aromatic nitrogens is 3. The zero-order valence-electron chi connectivity index (χ0n) is 16.0. The van der Waals surface area contributed by atoms with Crippen molar-refractivity contribution >= 4 is 12.2 Å². The lowest BCUT2D eigenvalue weighted by Crippen LogP contribution is -2.15. The van der Waals surface area contributed by atoms with Crippen molar-refractivity contribution in [1.29, 1.82) is 0 Å². The number of nitrogens with one attached hydrogen (secondary N) is 2. The van der Waals surface area contributed by atoms with Crippen molar-refractivity contribution in [3.05, 3.63) is 106 Å². The Morgan fingerprint density at radius 2 is 1.60 bits per heavy atom. The first-order chi connectivity index (χ1) is 14.8. The Balaban J connectivity index is 1.44. The number of rotatable bonds is 7. The normalized spacial score (nSPS) is 10.8. The summed E-state index contributed by atoms with van der Waals surface area (Å²) in [5.74, 6) is 0.961. The van der Waals surface area contributed by atoms with E-state index in [2.05, 4.69) is 25.7 Å². The third-order valence-electron chi connectivity index (χ3n) is 4.31. The van der Waals surface area contributed by atoms with E-state index in [1.54, 1.807) is 18.3 Å². The predicted octanol–water partition coefficient (Wildman–Crippen LogP) is 3.86. The van der Waals surface area contributed by atoms with Gasteiger partial charge in [0, 0.05) is 11.1 Å². The Kier molecular flexibility index (Phi) is 5.91. The highest BCUT2D eigenvalue weighted by Gasteiger charge is 2.06. The van der Waals surface area contributed by atoms with E-state index >= 15 is 0 Å². The Labute approximate surface area is 173 Å². The highest BCUT2D eigenvalue weighted by molar-refractivity contribution is 5.82. The highest BCUT2D eigenvalue weighted by atomic mass is 16.5. The molecule has 4 rings (SSSR count). The number of H-pyrrole nitrogens is 1. The van der Waals surface area contributed by atoms with E-state index in [1.165, 1.54) is 0 Å². The van der Waals surface area contributed by atoms with E-state index < -0.39 is 0 Å². The van der Waals surface area contributed by atoms with Crippen LogP contribution in [0.15, 0.2) is 94.8 Å². The SMILES string of the molecule is O=c1[nH]c(N/N=C/c2ccccc2COc2ccccc2)nnc1-c1ccccc1. The third-order valence-corrected chi connectivity index (χ3v) is 4.31. The molecule has 4 aromatic rings. The van der Waals surface area contributed by atoms with Gasteiger partial charge in [0.15, 0.2) is 5.69 Å². The van der Waals surface area contributed by atoms with Crippen molar-refractivity contribution in [1.82, 2.24) is 15.2 Å². The molecule has 0 fully saturated rings. The molecule has 0 radical (unpaired) electrons. The topological polar surface area (TPSA) is 92.3 Å². The summed E-state index contributed by atoms with van der Waals surface area (Å²) in [6, 6.07) is 26.5. The van der Waals surface area contributed by atoms with E-state index in [0.717, 1.165) is 16.9 Å². The van der Waals surface area contributed by atoms with Crippen LogP contribution >= 0.6 is 0 Å².